The van der Waals surface area contributed by atoms with Crippen molar-refractivity contribution < 1.29 is 14.4 Å². The number of imide groups is 1. The number of halogens is 2. The van der Waals surface area contributed by atoms with E-state index in [-0.39, 0.29) is 51.0 Å². The van der Waals surface area contributed by atoms with Gasteiger partial charge in [-0.15, -0.1) is 0 Å². The number of nitrogens with zero attached hydrogens (tertiary/aromatic N) is 1. The van der Waals surface area contributed by atoms with E-state index in [9.17, 15) is 14.4 Å². The smallest absolute Gasteiger partial charge is 0.247 e. The number of likely N-dealkylation sites (tertiary alicyclic amines) is 1. The Kier molecular flexibility index (Phi) is 4.59. The zero-order chi connectivity index (χ0) is 20.4. The lowest BCUT2D eigenvalue weighted by molar-refractivity contribution is -0.146. The van der Waals surface area contributed by atoms with Crippen LogP contribution in [0.3, 0.4) is 0 Å². The molecule has 1 aliphatic heterocycles. The Bertz CT molecular complexity index is 1000. The van der Waals surface area contributed by atoms with Crippen LogP contribution in [-0.4, -0.2) is 38.3 Å². The Morgan fingerprint density at radius 3 is 2.24 bits per heavy atom. The summed E-state index contributed by atoms with van der Waals surface area (Å²) < 4.78 is 0. The van der Waals surface area contributed by atoms with Gasteiger partial charge in [0.05, 0.1) is 11.8 Å². The molecule has 0 spiro atoms. The molecule has 5 nitrogen and oxygen atoms in total. The van der Waals surface area contributed by atoms with Gasteiger partial charge in [0, 0.05) is 20.7 Å². The monoisotopic (exact) mass is 518 g/mol. The second-order valence-electron chi connectivity index (χ2n) is 8.24. The van der Waals surface area contributed by atoms with Crippen LogP contribution >= 0.6 is 31.9 Å². The number of fused-ring (bicyclic) bond motifs is 6. The maximum absolute atomic E-state index is 13.1. The molecule has 2 bridgehead atoms. The zero-order valence-electron chi connectivity index (χ0n) is 15.7. The van der Waals surface area contributed by atoms with Gasteiger partial charge in [0.15, 0.2) is 0 Å². The molecule has 0 radical (unpaired) electrons. The molecule has 1 heterocycles. The molecule has 2 aromatic rings. The summed E-state index contributed by atoms with van der Waals surface area (Å²) in [6, 6.07) is 12.6. The molecular weight excluding hydrogens is 500 g/mol. The van der Waals surface area contributed by atoms with Crippen molar-refractivity contribution in [3.05, 3.63) is 42.5 Å². The van der Waals surface area contributed by atoms with Crippen molar-refractivity contribution in [2.24, 2.45) is 23.7 Å². The predicted molar refractivity (Wildman–Crippen MR) is 118 cm³/mol. The van der Waals surface area contributed by atoms with Crippen LogP contribution in [0.4, 0.5) is 5.69 Å². The molecule has 0 unspecified atom stereocenters. The molecule has 0 aromatic heterocycles. The Labute approximate surface area is 185 Å². The van der Waals surface area contributed by atoms with Crippen molar-refractivity contribution in [3.63, 3.8) is 0 Å². The van der Waals surface area contributed by atoms with Crippen LogP contribution in [0.5, 0.6) is 0 Å². The number of carbonyl (C=O) groups excluding carboxylic acids is 3. The minimum atomic E-state index is -0.846. The molecule has 7 heteroatoms. The van der Waals surface area contributed by atoms with Crippen molar-refractivity contribution >= 4 is 66.0 Å². The van der Waals surface area contributed by atoms with Crippen molar-refractivity contribution in [1.29, 1.82) is 0 Å². The number of nitrogens with one attached hydrogen (secondary N) is 1. The normalized spacial score (nSPS) is 34.0. The molecule has 7 atom stereocenters. The van der Waals surface area contributed by atoms with Gasteiger partial charge in [-0.2, -0.15) is 0 Å². The van der Waals surface area contributed by atoms with Crippen molar-refractivity contribution in [2.75, 3.05) is 5.32 Å². The number of benzene rings is 2. The Morgan fingerprint density at radius 2 is 1.59 bits per heavy atom. The maximum Gasteiger partial charge on any atom is 0.247 e. The van der Waals surface area contributed by atoms with Crippen molar-refractivity contribution in [3.8, 4) is 0 Å². The van der Waals surface area contributed by atoms with E-state index in [4.69, 9.17) is 0 Å². The van der Waals surface area contributed by atoms with Crippen molar-refractivity contribution in [2.45, 2.75) is 29.0 Å². The molecule has 2 aromatic carbocycles. The summed E-state index contributed by atoms with van der Waals surface area (Å²) in [7, 11) is 0. The van der Waals surface area contributed by atoms with Crippen LogP contribution < -0.4 is 5.32 Å². The lowest BCUT2D eigenvalue weighted by Crippen LogP contribution is -2.46. The van der Waals surface area contributed by atoms with Gasteiger partial charge in [-0.05, 0) is 36.6 Å². The molecular formula is C22H20Br2N2O3. The first-order chi connectivity index (χ1) is 13.9. The average Bonchev–Trinajstić information content (AvgIpc) is 3.32. The highest BCUT2D eigenvalue weighted by atomic mass is 79.9. The van der Waals surface area contributed by atoms with E-state index >= 15 is 0 Å². The summed E-state index contributed by atoms with van der Waals surface area (Å²) in [6.07, 6.45) is 0.878. The van der Waals surface area contributed by atoms with Gasteiger partial charge >= 0.3 is 0 Å². The van der Waals surface area contributed by atoms with E-state index in [1.165, 1.54) is 4.90 Å². The van der Waals surface area contributed by atoms with E-state index in [1.807, 2.05) is 42.5 Å². The summed E-state index contributed by atoms with van der Waals surface area (Å²) in [6.45, 7) is 1.64. The summed E-state index contributed by atoms with van der Waals surface area (Å²) in [5.74, 6) is -1.07. The molecule has 29 heavy (non-hydrogen) atoms. The number of rotatable bonds is 3. The van der Waals surface area contributed by atoms with Crippen LogP contribution in [0.2, 0.25) is 0 Å². The standard InChI is InChI=1S/C22H20Br2N2O3/c1-10(20(27)25-15-8-4-6-11-5-2-3-7-12(11)15)26-21(28)16-13-9-14(17(16)22(26)29)19(24)18(13)23/h2-8,10,13-14,16-19H,9H2,1H3,(H,25,27)/t10-,13-,14-,16-,17-,18-,19+/m0/s1. The van der Waals surface area contributed by atoms with Gasteiger partial charge < -0.3 is 5.32 Å². The van der Waals surface area contributed by atoms with Gasteiger partial charge in [0.25, 0.3) is 0 Å². The van der Waals surface area contributed by atoms with Crippen LogP contribution in [-0.2, 0) is 14.4 Å². The molecule has 3 amide bonds. The first kappa shape index (κ1) is 19.2. The van der Waals surface area contributed by atoms with Gasteiger partial charge in [0.1, 0.15) is 6.04 Å². The fourth-order valence-electron chi connectivity index (χ4n) is 5.44. The molecule has 3 aliphatic rings. The highest BCUT2D eigenvalue weighted by molar-refractivity contribution is 9.12. The third kappa shape index (κ3) is 2.73. The van der Waals surface area contributed by atoms with Gasteiger partial charge in [-0.25, -0.2) is 0 Å². The maximum atomic E-state index is 13.1. The van der Waals surface area contributed by atoms with Crippen LogP contribution in [0.15, 0.2) is 42.5 Å². The van der Waals surface area contributed by atoms with Gasteiger partial charge in [-0.3, -0.25) is 19.3 Å². The summed E-state index contributed by atoms with van der Waals surface area (Å²) in [4.78, 5) is 40.8. The molecule has 3 fully saturated rings. The molecule has 150 valence electrons. The minimum absolute atomic E-state index is 0.143. The molecule has 2 aliphatic carbocycles. The van der Waals surface area contributed by atoms with Gasteiger partial charge in [-0.1, -0.05) is 68.3 Å². The van der Waals surface area contributed by atoms with Crippen LogP contribution in [0.1, 0.15) is 13.3 Å². The predicted octanol–water partition coefficient (Wildman–Crippen LogP) is 3.94. The van der Waals surface area contributed by atoms with Crippen LogP contribution in [0, 0.1) is 23.7 Å². The average molecular weight is 520 g/mol. The fraction of sp³-hybridized carbons (Fsp3) is 0.409. The second-order valence-corrected chi connectivity index (χ2v) is 10.4. The molecule has 1 N–H and O–H groups in total. The van der Waals surface area contributed by atoms with Crippen molar-refractivity contribution in [1.82, 2.24) is 4.90 Å². The number of carbonyl (C=O) groups is 3. The largest absolute Gasteiger partial charge is 0.324 e. The second kappa shape index (κ2) is 6.91. The first-order valence-corrected chi connectivity index (χ1v) is 11.7. The Balaban J connectivity index is 1.39. The SMILES string of the molecule is C[C@@H](C(=O)Nc1cccc2ccccc12)N1C(=O)[C@H]2[C@@H]3C[C@H]([C@@H](Br)[C@H]3Br)[C@@H]2C1=O. The molecule has 1 saturated heterocycles. The third-order valence-electron chi connectivity index (χ3n) is 6.84. The lowest BCUT2D eigenvalue weighted by atomic mass is 9.81. The summed E-state index contributed by atoms with van der Waals surface area (Å²) >= 11 is 7.38. The lowest BCUT2D eigenvalue weighted by Gasteiger charge is -2.28. The Morgan fingerprint density at radius 1 is 1.00 bits per heavy atom. The fourth-order valence-corrected chi connectivity index (χ4v) is 7.32. The molecule has 5 rings (SSSR count). The van der Waals surface area contributed by atoms with E-state index in [0.717, 1.165) is 17.2 Å². The zero-order valence-corrected chi connectivity index (χ0v) is 18.9. The highest BCUT2D eigenvalue weighted by Crippen LogP contribution is 2.60. The third-order valence-corrected chi connectivity index (χ3v) is 10.0. The van der Waals surface area contributed by atoms with E-state index in [1.54, 1.807) is 6.92 Å². The van der Waals surface area contributed by atoms with E-state index in [2.05, 4.69) is 37.2 Å². The Hall–Kier alpha value is -1.73. The first-order valence-electron chi connectivity index (χ1n) is 9.84. The quantitative estimate of drug-likeness (QED) is 0.493. The molecule has 2 saturated carbocycles. The number of alkyl halides is 2. The van der Waals surface area contributed by atoms with Gasteiger partial charge in [0.2, 0.25) is 17.7 Å². The number of hydrogen-bond donors (Lipinski definition) is 1. The van der Waals surface area contributed by atoms with Crippen LogP contribution in [0.25, 0.3) is 10.8 Å². The summed E-state index contributed by atoms with van der Waals surface area (Å²) in [5.41, 5.74) is 0.681. The number of hydrogen-bond acceptors (Lipinski definition) is 3. The topological polar surface area (TPSA) is 66.5 Å². The number of anilines is 1. The minimum Gasteiger partial charge on any atom is -0.324 e. The summed E-state index contributed by atoms with van der Waals surface area (Å²) in [5, 5.41) is 4.86. The van der Waals surface area contributed by atoms with E-state index < -0.39 is 6.04 Å². The highest BCUT2D eigenvalue weighted by Gasteiger charge is 2.67. The number of amides is 3. The van der Waals surface area contributed by atoms with E-state index in [0.29, 0.717) is 5.69 Å².